The summed E-state index contributed by atoms with van der Waals surface area (Å²) in [6, 6.07) is 14.8. The Bertz CT molecular complexity index is 823. The molecular weight excluding hydrogens is 387 g/mol. The Morgan fingerprint density at radius 1 is 1.04 bits per heavy atom. The van der Waals surface area contributed by atoms with E-state index in [2.05, 4.69) is 10.5 Å². The summed E-state index contributed by atoms with van der Waals surface area (Å²) in [4.78, 5) is 28.8. The summed E-state index contributed by atoms with van der Waals surface area (Å²) < 4.78 is 0. The van der Waals surface area contributed by atoms with E-state index in [1.807, 2.05) is 49.4 Å². The van der Waals surface area contributed by atoms with Crippen LogP contribution >= 0.6 is 23.2 Å². The molecule has 0 aliphatic rings. The Balaban J connectivity index is 2.48. The van der Waals surface area contributed by atoms with Crippen LogP contribution in [0.25, 0.3) is 0 Å². The first kappa shape index (κ1) is 20.9. The quantitative estimate of drug-likeness (QED) is 0.304. The number of halogens is 2. The van der Waals surface area contributed by atoms with Gasteiger partial charge in [-0.3, -0.25) is 4.79 Å². The van der Waals surface area contributed by atoms with Gasteiger partial charge < -0.3 is 10.2 Å². The molecule has 0 aliphatic carbocycles. The highest BCUT2D eigenvalue weighted by atomic mass is 35.5. The van der Waals surface area contributed by atoms with Crippen molar-refractivity contribution in [2.24, 2.45) is 5.16 Å². The Morgan fingerprint density at radius 3 is 2.41 bits per heavy atom. The van der Waals surface area contributed by atoms with Gasteiger partial charge in [-0.15, -0.1) is 23.2 Å². The molecule has 1 amide bonds. The van der Waals surface area contributed by atoms with Crippen molar-refractivity contribution in [3.8, 4) is 0 Å². The van der Waals surface area contributed by atoms with E-state index in [1.54, 1.807) is 6.07 Å². The highest BCUT2D eigenvalue weighted by molar-refractivity contribution is 6.20. The Kier molecular flexibility index (Phi) is 8.30. The number of carbonyl (C=O) groups is 2. The molecule has 0 unspecified atom stereocenters. The minimum atomic E-state index is -0.529. The number of rotatable bonds is 8. The number of amides is 1. The van der Waals surface area contributed by atoms with Crippen LogP contribution in [0, 0.1) is 6.92 Å². The van der Waals surface area contributed by atoms with Gasteiger partial charge in [-0.2, -0.15) is 0 Å². The third-order valence-electron chi connectivity index (χ3n) is 3.61. The number of anilines is 1. The van der Waals surface area contributed by atoms with Crippen molar-refractivity contribution in [3.63, 3.8) is 0 Å². The second-order valence-corrected chi connectivity index (χ2v) is 6.50. The molecule has 0 atom stereocenters. The molecule has 0 bridgehead atoms. The maximum absolute atomic E-state index is 12.0. The van der Waals surface area contributed by atoms with E-state index in [1.165, 1.54) is 0 Å². The van der Waals surface area contributed by atoms with Crippen LogP contribution in [0.15, 0.2) is 53.7 Å². The van der Waals surface area contributed by atoms with E-state index in [-0.39, 0.29) is 30.5 Å². The summed E-state index contributed by atoms with van der Waals surface area (Å²) in [6.07, 6.45) is 0.248. The maximum atomic E-state index is 12.0. The van der Waals surface area contributed by atoms with Crippen LogP contribution in [0.2, 0.25) is 0 Å². The van der Waals surface area contributed by atoms with E-state index in [0.717, 1.165) is 11.1 Å². The van der Waals surface area contributed by atoms with Crippen molar-refractivity contribution in [2.75, 3.05) is 17.1 Å². The summed E-state index contributed by atoms with van der Waals surface area (Å²) in [5, 5.41) is 6.90. The monoisotopic (exact) mass is 406 g/mol. The zero-order valence-corrected chi connectivity index (χ0v) is 16.4. The van der Waals surface area contributed by atoms with Crippen LogP contribution < -0.4 is 5.32 Å². The molecule has 0 spiro atoms. The summed E-state index contributed by atoms with van der Waals surface area (Å²) >= 11 is 11.2. The average Bonchev–Trinajstić information content (AvgIpc) is 2.65. The lowest BCUT2D eigenvalue weighted by Crippen LogP contribution is -2.16. The number of aryl methyl sites for hydroxylation is 1. The Morgan fingerprint density at radius 2 is 1.74 bits per heavy atom. The standard InChI is InChI=1S/C20H20Cl2N2O3/c1-14-7-8-17(23-18(25)9-11-21)16(13-14)20(15-5-3-2-4-6-15)24-27-19(26)10-12-22/h2-8,13H,9-12H2,1H3,(H,23,25). The summed E-state index contributed by atoms with van der Waals surface area (Å²) in [5.41, 5.74) is 3.35. The van der Waals surface area contributed by atoms with Crippen LogP contribution in [0.5, 0.6) is 0 Å². The van der Waals surface area contributed by atoms with Gasteiger partial charge in [0.1, 0.15) is 5.71 Å². The molecular formula is C20H20Cl2N2O3. The normalized spacial score (nSPS) is 11.1. The number of oxime groups is 1. The van der Waals surface area contributed by atoms with Gasteiger partial charge in [-0.1, -0.05) is 47.1 Å². The summed E-state index contributed by atoms with van der Waals surface area (Å²) in [5.74, 6) is -0.359. The summed E-state index contributed by atoms with van der Waals surface area (Å²) in [7, 11) is 0. The van der Waals surface area contributed by atoms with Crippen molar-refractivity contribution < 1.29 is 14.4 Å². The van der Waals surface area contributed by atoms with Crippen molar-refractivity contribution in [3.05, 3.63) is 65.2 Å². The molecule has 0 fully saturated rings. The smallest absolute Gasteiger partial charge is 0.325 e. The number of hydrogen-bond acceptors (Lipinski definition) is 4. The number of benzene rings is 2. The topological polar surface area (TPSA) is 67.8 Å². The lowest BCUT2D eigenvalue weighted by atomic mass is 9.99. The molecule has 2 aromatic rings. The van der Waals surface area contributed by atoms with Gasteiger partial charge in [0.15, 0.2) is 0 Å². The lowest BCUT2D eigenvalue weighted by molar-refractivity contribution is -0.143. The number of nitrogens with zero attached hydrogens (tertiary/aromatic N) is 1. The molecule has 0 radical (unpaired) electrons. The summed E-state index contributed by atoms with van der Waals surface area (Å²) in [6.45, 7) is 1.93. The fraction of sp³-hybridized carbons (Fsp3) is 0.250. The van der Waals surface area contributed by atoms with Crippen LogP contribution in [-0.2, 0) is 14.4 Å². The first-order valence-corrected chi connectivity index (χ1v) is 9.48. The highest BCUT2D eigenvalue weighted by Crippen LogP contribution is 2.23. The lowest BCUT2D eigenvalue weighted by Gasteiger charge is -2.14. The van der Waals surface area contributed by atoms with E-state index in [9.17, 15) is 9.59 Å². The second kappa shape index (κ2) is 10.7. The fourth-order valence-corrected chi connectivity index (χ4v) is 2.66. The van der Waals surface area contributed by atoms with Crippen LogP contribution in [0.3, 0.4) is 0 Å². The van der Waals surface area contributed by atoms with E-state index >= 15 is 0 Å². The molecule has 0 heterocycles. The molecule has 1 N–H and O–H groups in total. The third kappa shape index (κ3) is 6.38. The van der Waals surface area contributed by atoms with Crippen molar-refractivity contribution >= 4 is 46.5 Å². The number of nitrogens with one attached hydrogen (secondary N) is 1. The largest absolute Gasteiger partial charge is 0.336 e. The van der Waals surface area contributed by atoms with Crippen LogP contribution in [-0.4, -0.2) is 29.3 Å². The molecule has 5 nitrogen and oxygen atoms in total. The number of alkyl halides is 2. The predicted molar refractivity (Wildman–Crippen MR) is 109 cm³/mol. The molecule has 142 valence electrons. The minimum absolute atomic E-state index is 0.0558. The van der Waals surface area contributed by atoms with Gasteiger partial charge in [-0.05, 0) is 19.1 Å². The molecule has 0 saturated heterocycles. The highest BCUT2D eigenvalue weighted by Gasteiger charge is 2.16. The van der Waals surface area contributed by atoms with Gasteiger partial charge in [0.2, 0.25) is 5.91 Å². The molecule has 0 aromatic heterocycles. The van der Waals surface area contributed by atoms with E-state index < -0.39 is 5.97 Å². The first-order valence-electron chi connectivity index (χ1n) is 8.41. The zero-order chi connectivity index (χ0) is 19.6. The maximum Gasteiger partial charge on any atom is 0.336 e. The molecule has 7 heteroatoms. The fourth-order valence-electron chi connectivity index (χ4n) is 2.33. The van der Waals surface area contributed by atoms with Crippen LogP contribution in [0.4, 0.5) is 5.69 Å². The van der Waals surface area contributed by atoms with Gasteiger partial charge >= 0.3 is 5.97 Å². The van der Waals surface area contributed by atoms with Crippen LogP contribution in [0.1, 0.15) is 29.5 Å². The van der Waals surface area contributed by atoms with Gasteiger partial charge in [0, 0.05) is 29.3 Å². The molecule has 0 aliphatic heterocycles. The number of carbonyl (C=O) groups excluding carboxylic acids is 2. The second-order valence-electron chi connectivity index (χ2n) is 5.74. The average molecular weight is 407 g/mol. The van der Waals surface area contributed by atoms with Crippen molar-refractivity contribution in [1.82, 2.24) is 0 Å². The Labute approximate surface area is 168 Å². The van der Waals surface area contributed by atoms with Gasteiger partial charge in [0.05, 0.1) is 12.1 Å². The first-order chi connectivity index (χ1) is 13.0. The van der Waals surface area contributed by atoms with Gasteiger partial charge in [-0.25, -0.2) is 4.79 Å². The molecule has 0 saturated carbocycles. The van der Waals surface area contributed by atoms with Crippen molar-refractivity contribution in [1.29, 1.82) is 0 Å². The third-order valence-corrected chi connectivity index (χ3v) is 3.99. The van der Waals surface area contributed by atoms with Gasteiger partial charge in [0.25, 0.3) is 0 Å². The molecule has 2 aromatic carbocycles. The van der Waals surface area contributed by atoms with E-state index in [0.29, 0.717) is 17.0 Å². The van der Waals surface area contributed by atoms with Crippen molar-refractivity contribution in [2.45, 2.75) is 19.8 Å². The van der Waals surface area contributed by atoms with E-state index in [4.69, 9.17) is 28.0 Å². The number of hydrogen-bond donors (Lipinski definition) is 1. The Hall–Kier alpha value is -2.37. The zero-order valence-electron chi connectivity index (χ0n) is 14.9. The predicted octanol–water partition coefficient (Wildman–Crippen LogP) is 4.49. The minimum Gasteiger partial charge on any atom is -0.325 e. The molecule has 2 rings (SSSR count). The molecule has 27 heavy (non-hydrogen) atoms. The SMILES string of the molecule is Cc1ccc(NC(=O)CCCl)c(C(=NOC(=O)CCCl)c2ccccc2)c1.